The maximum atomic E-state index is 13.7. The molecule has 1 aromatic heterocycles. The summed E-state index contributed by atoms with van der Waals surface area (Å²) in [6.45, 7) is 2.46. The van der Waals surface area contributed by atoms with Crippen molar-refractivity contribution in [2.45, 2.75) is 38.0 Å². The van der Waals surface area contributed by atoms with Gasteiger partial charge < -0.3 is 10.1 Å². The number of nitrogens with one attached hydrogen (secondary N) is 1. The van der Waals surface area contributed by atoms with E-state index in [4.69, 9.17) is 4.74 Å². The maximum Gasteiger partial charge on any atom is 0.416 e. The first-order chi connectivity index (χ1) is 12.2. The van der Waals surface area contributed by atoms with Crippen LogP contribution in [0.4, 0.5) is 23.4 Å². The summed E-state index contributed by atoms with van der Waals surface area (Å²) < 4.78 is 57.6. The molecule has 0 saturated heterocycles. The Bertz CT molecular complexity index is 804. The van der Waals surface area contributed by atoms with Gasteiger partial charge in [-0.2, -0.15) is 13.2 Å². The van der Waals surface area contributed by atoms with Crippen LogP contribution >= 0.6 is 0 Å². The van der Waals surface area contributed by atoms with Crippen LogP contribution in [0.5, 0.6) is 0 Å². The van der Waals surface area contributed by atoms with Gasteiger partial charge in [0.1, 0.15) is 18.2 Å². The Morgan fingerprint density at radius 2 is 1.88 bits per heavy atom. The molecule has 8 heteroatoms. The first-order valence-corrected chi connectivity index (χ1v) is 8.17. The molecule has 0 unspecified atom stereocenters. The Morgan fingerprint density at radius 1 is 1.15 bits per heavy atom. The lowest BCUT2D eigenvalue weighted by molar-refractivity contribution is -0.137. The van der Waals surface area contributed by atoms with Crippen molar-refractivity contribution in [1.82, 2.24) is 9.97 Å². The van der Waals surface area contributed by atoms with E-state index in [1.54, 1.807) is 13.2 Å². The number of hydrogen-bond donors (Lipinski definition) is 1. The van der Waals surface area contributed by atoms with E-state index in [0.717, 1.165) is 11.8 Å². The SMILES string of the molecule is COCc1nc(C)cc(NCC2(c3cc(F)cc(C(F)(F)F)c3)CC2)n1. The molecule has 0 amide bonds. The fourth-order valence-electron chi connectivity index (χ4n) is 2.95. The Hall–Kier alpha value is -2.22. The van der Waals surface area contributed by atoms with E-state index in [0.29, 0.717) is 42.7 Å². The normalized spacial score (nSPS) is 15.8. The van der Waals surface area contributed by atoms with E-state index in [2.05, 4.69) is 15.3 Å². The van der Waals surface area contributed by atoms with Crippen LogP contribution in [-0.4, -0.2) is 23.6 Å². The molecule has 1 fully saturated rings. The summed E-state index contributed by atoms with van der Waals surface area (Å²) in [5, 5.41) is 3.15. The monoisotopic (exact) mass is 369 g/mol. The molecular formula is C18H19F4N3O. The molecule has 0 spiro atoms. The molecule has 1 heterocycles. The van der Waals surface area contributed by atoms with Crippen molar-refractivity contribution < 1.29 is 22.3 Å². The second-order valence-corrected chi connectivity index (χ2v) is 6.60. The minimum Gasteiger partial charge on any atom is -0.377 e. The number of ether oxygens (including phenoxy) is 1. The summed E-state index contributed by atoms with van der Waals surface area (Å²) in [5.74, 6) is 0.217. The van der Waals surface area contributed by atoms with Crippen LogP contribution in [0.2, 0.25) is 0 Å². The van der Waals surface area contributed by atoms with Crippen LogP contribution in [0.3, 0.4) is 0 Å². The van der Waals surface area contributed by atoms with Gasteiger partial charge in [-0.25, -0.2) is 14.4 Å². The van der Waals surface area contributed by atoms with Crippen molar-refractivity contribution in [3.8, 4) is 0 Å². The smallest absolute Gasteiger partial charge is 0.377 e. The number of halogens is 4. The van der Waals surface area contributed by atoms with Crippen molar-refractivity contribution >= 4 is 5.82 Å². The molecule has 0 radical (unpaired) electrons. The van der Waals surface area contributed by atoms with Gasteiger partial charge in [-0.15, -0.1) is 0 Å². The van der Waals surface area contributed by atoms with Gasteiger partial charge in [-0.1, -0.05) is 0 Å². The third kappa shape index (κ3) is 4.12. The Balaban J connectivity index is 1.80. The highest BCUT2D eigenvalue weighted by atomic mass is 19.4. The molecule has 1 aromatic carbocycles. The lowest BCUT2D eigenvalue weighted by Crippen LogP contribution is -2.21. The highest BCUT2D eigenvalue weighted by Crippen LogP contribution is 2.49. The molecule has 4 nitrogen and oxygen atoms in total. The molecule has 0 aliphatic heterocycles. The van der Waals surface area contributed by atoms with Crippen molar-refractivity contribution in [1.29, 1.82) is 0 Å². The van der Waals surface area contributed by atoms with Crippen molar-refractivity contribution in [2.24, 2.45) is 0 Å². The lowest BCUT2D eigenvalue weighted by Gasteiger charge is -2.19. The number of alkyl halides is 3. The van der Waals surface area contributed by atoms with Gasteiger partial charge in [0.15, 0.2) is 5.82 Å². The highest BCUT2D eigenvalue weighted by Gasteiger charge is 2.45. The van der Waals surface area contributed by atoms with Crippen LogP contribution in [-0.2, 0) is 22.9 Å². The maximum absolute atomic E-state index is 13.7. The number of aromatic nitrogens is 2. The average Bonchev–Trinajstić information content (AvgIpc) is 3.33. The fourth-order valence-corrected chi connectivity index (χ4v) is 2.95. The topological polar surface area (TPSA) is 47.0 Å². The summed E-state index contributed by atoms with van der Waals surface area (Å²) in [5.41, 5.74) is -0.355. The molecule has 26 heavy (non-hydrogen) atoms. The summed E-state index contributed by atoms with van der Waals surface area (Å²) in [6.07, 6.45) is -3.19. The predicted octanol–water partition coefficient (Wildman–Crippen LogP) is 4.23. The number of anilines is 1. The van der Waals surface area contributed by atoms with Gasteiger partial charge >= 0.3 is 6.18 Å². The summed E-state index contributed by atoms with van der Waals surface area (Å²) in [4.78, 5) is 8.56. The van der Waals surface area contributed by atoms with Crippen molar-refractivity contribution in [3.05, 3.63) is 52.7 Å². The standard InChI is InChI=1S/C18H19F4N3O/c1-11-5-15(25-16(24-11)9-26-2)23-10-17(3-4-17)12-6-13(18(20,21)22)8-14(19)7-12/h5-8H,3-4,9-10H2,1-2H3,(H,23,24,25). The zero-order valence-corrected chi connectivity index (χ0v) is 14.5. The first kappa shape index (κ1) is 18.6. The van der Waals surface area contributed by atoms with E-state index in [9.17, 15) is 17.6 Å². The van der Waals surface area contributed by atoms with E-state index in [1.807, 2.05) is 6.92 Å². The first-order valence-electron chi connectivity index (χ1n) is 8.17. The van der Waals surface area contributed by atoms with Gasteiger partial charge in [-0.05, 0) is 43.5 Å². The van der Waals surface area contributed by atoms with Crippen LogP contribution in [0.15, 0.2) is 24.3 Å². The van der Waals surface area contributed by atoms with Crippen LogP contribution < -0.4 is 5.32 Å². The van der Waals surface area contributed by atoms with Crippen LogP contribution in [0.1, 0.15) is 35.5 Å². The van der Waals surface area contributed by atoms with Gasteiger partial charge in [0, 0.05) is 30.8 Å². The lowest BCUT2D eigenvalue weighted by atomic mass is 9.94. The molecule has 1 N–H and O–H groups in total. The molecule has 2 aromatic rings. The van der Waals surface area contributed by atoms with Crippen LogP contribution in [0, 0.1) is 12.7 Å². The number of hydrogen-bond acceptors (Lipinski definition) is 4. The molecule has 0 bridgehead atoms. The summed E-state index contributed by atoms with van der Waals surface area (Å²) in [7, 11) is 1.54. The van der Waals surface area contributed by atoms with Gasteiger partial charge in [-0.3, -0.25) is 0 Å². The Kier molecular flexibility index (Phi) is 4.88. The van der Waals surface area contributed by atoms with E-state index in [-0.39, 0.29) is 6.61 Å². The minimum atomic E-state index is -4.57. The summed E-state index contributed by atoms with van der Waals surface area (Å²) >= 11 is 0. The predicted molar refractivity (Wildman–Crippen MR) is 88.3 cm³/mol. The average molecular weight is 369 g/mol. The second-order valence-electron chi connectivity index (χ2n) is 6.60. The van der Waals surface area contributed by atoms with Gasteiger partial charge in [0.25, 0.3) is 0 Å². The minimum absolute atomic E-state index is 0.264. The van der Waals surface area contributed by atoms with Gasteiger partial charge in [0.05, 0.1) is 5.56 Å². The molecule has 3 rings (SSSR count). The number of nitrogens with zero attached hydrogens (tertiary/aromatic N) is 2. The van der Waals surface area contributed by atoms with Crippen molar-refractivity contribution in [3.63, 3.8) is 0 Å². The largest absolute Gasteiger partial charge is 0.416 e. The highest BCUT2D eigenvalue weighted by molar-refractivity contribution is 5.42. The number of aryl methyl sites for hydroxylation is 1. The van der Waals surface area contributed by atoms with E-state index >= 15 is 0 Å². The second kappa shape index (κ2) is 6.83. The Morgan fingerprint density at radius 3 is 2.50 bits per heavy atom. The number of methoxy groups -OCH3 is 1. The molecule has 1 aliphatic rings. The molecule has 140 valence electrons. The molecule has 1 aliphatic carbocycles. The van der Waals surface area contributed by atoms with Crippen LogP contribution in [0.25, 0.3) is 0 Å². The summed E-state index contributed by atoms with van der Waals surface area (Å²) in [6, 6.07) is 4.50. The zero-order chi connectivity index (χ0) is 18.9. The molecule has 0 atom stereocenters. The molecule has 1 saturated carbocycles. The number of rotatable bonds is 6. The number of benzene rings is 1. The fraction of sp³-hybridized carbons (Fsp3) is 0.444. The Labute approximate surface area is 148 Å². The zero-order valence-electron chi connectivity index (χ0n) is 14.5. The van der Waals surface area contributed by atoms with E-state index in [1.165, 1.54) is 6.07 Å². The molecular weight excluding hydrogens is 350 g/mol. The van der Waals surface area contributed by atoms with E-state index < -0.39 is 23.0 Å². The quantitative estimate of drug-likeness (QED) is 0.774. The van der Waals surface area contributed by atoms with Crippen molar-refractivity contribution in [2.75, 3.05) is 19.0 Å². The van der Waals surface area contributed by atoms with Gasteiger partial charge in [0.2, 0.25) is 0 Å². The third-order valence-corrected chi connectivity index (χ3v) is 4.47. The third-order valence-electron chi connectivity index (χ3n) is 4.47.